The molecule has 0 bridgehead atoms. The third-order valence-electron chi connectivity index (χ3n) is 34.7. The van der Waals surface area contributed by atoms with E-state index in [0.717, 1.165) is 96.9 Å². The highest BCUT2D eigenvalue weighted by atomic mass is 15.2. The predicted octanol–water partition coefficient (Wildman–Crippen LogP) is 26.4. The van der Waals surface area contributed by atoms with E-state index in [2.05, 4.69) is 388 Å². The minimum Gasteiger partial charge on any atom is -0.225 e. The third kappa shape index (κ3) is 10.6. The average Bonchev–Trinajstić information content (AvgIpc) is 1.54. The molecule has 670 valence electrons. The number of rotatable bonds is 5. The molecular formula is C130H105N10+5. The molecule has 10 nitrogen and oxygen atoms in total. The molecule has 140 heavy (non-hydrogen) atoms. The summed E-state index contributed by atoms with van der Waals surface area (Å²) in [5.41, 5.74) is 63.7. The molecule has 20 heterocycles. The van der Waals surface area contributed by atoms with E-state index in [9.17, 15) is 0 Å². The van der Waals surface area contributed by atoms with Gasteiger partial charge in [-0.1, -0.05) is 212 Å². The van der Waals surface area contributed by atoms with Crippen molar-refractivity contribution in [3.63, 3.8) is 0 Å². The summed E-state index contributed by atoms with van der Waals surface area (Å²) in [6, 6.07) is 91.6. The van der Waals surface area contributed by atoms with Crippen LogP contribution in [-0.4, -0.2) is 22.0 Å². The van der Waals surface area contributed by atoms with Crippen LogP contribution in [0.4, 0.5) is 0 Å². The third-order valence-corrected chi connectivity index (χ3v) is 34.7. The number of nitrogens with zero attached hydrogens (tertiary/aromatic N) is 10. The summed E-state index contributed by atoms with van der Waals surface area (Å²) in [6.07, 6.45) is 23.3. The van der Waals surface area contributed by atoms with Gasteiger partial charge in [-0.25, -0.2) is 22.8 Å². The van der Waals surface area contributed by atoms with E-state index >= 15 is 0 Å². The van der Waals surface area contributed by atoms with E-state index < -0.39 is 0 Å². The lowest BCUT2D eigenvalue weighted by molar-refractivity contribution is -0.657. The Bertz CT molecular complexity index is 10000. The monoisotopic (exact) mass is 1810 g/mol. The van der Waals surface area contributed by atoms with Gasteiger partial charge in [-0.15, -0.1) is 0 Å². The highest BCUT2D eigenvalue weighted by Gasteiger charge is 2.42. The lowest BCUT2D eigenvalue weighted by atomic mass is 9.86. The van der Waals surface area contributed by atoms with Gasteiger partial charge in [0.15, 0.2) is 0 Å². The van der Waals surface area contributed by atoms with Crippen molar-refractivity contribution in [1.82, 2.24) is 22.0 Å². The quantitative estimate of drug-likeness (QED) is 0.122. The molecule has 10 aliphatic rings. The fourth-order valence-corrected chi connectivity index (χ4v) is 29.1. The second-order valence-corrected chi connectivity index (χ2v) is 42.6. The Morgan fingerprint density at radius 3 is 0.971 bits per heavy atom. The summed E-state index contributed by atoms with van der Waals surface area (Å²) in [4.78, 5) is 0. The smallest absolute Gasteiger partial charge is 0.225 e. The van der Waals surface area contributed by atoms with Gasteiger partial charge in [0.1, 0.15) is 120 Å². The number of hydrogen-bond donors (Lipinski definition) is 0. The molecule has 0 aliphatic carbocycles. The van der Waals surface area contributed by atoms with Crippen LogP contribution in [0.5, 0.6) is 0 Å². The van der Waals surface area contributed by atoms with Crippen molar-refractivity contribution in [2.24, 2.45) is 0 Å². The molecule has 25 aromatic rings. The molecule has 10 heteroatoms. The number of fused-ring (bicyclic) bond motifs is 5. The highest BCUT2D eigenvalue weighted by molar-refractivity contribution is 6.23. The fourth-order valence-electron chi connectivity index (χ4n) is 29.1. The minimum atomic E-state index is 0.986. The van der Waals surface area contributed by atoms with E-state index in [1.165, 1.54) is 332 Å². The normalized spacial score (nSPS) is 14.4. The van der Waals surface area contributed by atoms with Gasteiger partial charge >= 0.3 is 0 Å². The minimum absolute atomic E-state index is 0.986. The van der Waals surface area contributed by atoms with Crippen LogP contribution in [0.1, 0.15) is 140 Å². The number of imidazole rings is 5. The van der Waals surface area contributed by atoms with Crippen LogP contribution in [0.25, 0.3) is 192 Å². The Kier molecular flexibility index (Phi) is 16.2. The average molecular weight is 1810 g/mol. The molecule has 15 aromatic carbocycles. The first-order valence-electron chi connectivity index (χ1n) is 51.1. The van der Waals surface area contributed by atoms with Crippen molar-refractivity contribution in [2.45, 2.75) is 166 Å². The number of aromatic nitrogens is 10. The number of pyridine rings is 5. The maximum Gasteiger partial charge on any atom is 0.295 e. The molecule has 0 N–H and O–H groups in total. The van der Waals surface area contributed by atoms with Crippen LogP contribution in [0.2, 0.25) is 0 Å². The van der Waals surface area contributed by atoms with E-state index in [-0.39, 0.29) is 0 Å². The SMILES string of the molecule is Cc1cccc(C)c1-c1cc2c3c(c1)c1cccc4c1c1n3c(c[n+]1C4)CC2.Cc1cccc(C)c1-c1cc2c3c(c1)c1cccc4c1n1c(c[n+](c31)C2)CC4.Cc1cccc(C)c1-c1ccc2c3c1c1cccc4c1c1n3c(c[n+]1C4)CC2.Cc1cccc(C)c1-c1ccc2c3c1c1cccc4c1n1c(c[n+](c31)C2)CC4.Cc1cccc(C)c1-c1ccc2c3cccc4c3c3n5c(c[n+]3C4)CCc1c25. The standard InChI is InChI=1S/5C26H21N2/c1-15-5-3-6-16(2)22(15)21-12-10-17-9-11-19-14-27-13-18-7-4-8-20-23(18)26(27)28(19)25(17)24(20)21;1-15-5-3-6-16(2)22(15)20-12-10-18-13-27-14-19-11-9-17-7-4-8-21-24(20)23(18)26(27)28(19)25(17)21;1-15-5-3-6-16(2)23(15)19-11-17-9-10-20-14-27-13-18-7-4-8-21-22(12-19)25(17)28(20)26(27)24(18)21;1-15-5-3-6-16(2)23(15)18-11-19-13-27-14-20-10-9-17-7-4-8-21-22(12-18)24(19)26(27)28(20)25(17)21;1-15-5-3-6-16(2)23(15)20-11-12-22-19-8-4-7-17-13-27-14-18-9-10-21(20)25(22)28(18)26(27)24(17)19/h2*3-8,10,12,14H,9,11,13H2,1-2H3;3*3-8,11-12,14H,9-10,13H2,1-2H3/q5*+1. The topological polar surface area (TPSA) is 41.4 Å². The zero-order valence-electron chi connectivity index (χ0n) is 81.1. The zero-order valence-corrected chi connectivity index (χ0v) is 81.1. The molecular weight excluding hydrogens is 1700 g/mol. The lowest BCUT2D eigenvalue weighted by Gasteiger charge is -2.19. The van der Waals surface area contributed by atoms with Gasteiger partial charge in [-0.05, 0) is 243 Å². The summed E-state index contributed by atoms with van der Waals surface area (Å²) < 4.78 is 25.1. The van der Waals surface area contributed by atoms with Crippen LogP contribution in [0.3, 0.4) is 0 Å². The Morgan fingerprint density at radius 1 is 0.186 bits per heavy atom. The summed E-state index contributed by atoms with van der Waals surface area (Å²) in [5, 5.41) is 21.4. The second-order valence-electron chi connectivity index (χ2n) is 42.6. The van der Waals surface area contributed by atoms with Gasteiger partial charge in [0, 0.05) is 142 Å². The predicted molar refractivity (Wildman–Crippen MR) is 570 cm³/mol. The van der Waals surface area contributed by atoms with Crippen LogP contribution >= 0.6 is 0 Å². The zero-order chi connectivity index (χ0) is 92.8. The van der Waals surface area contributed by atoms with Crippen molar-refractivity contribution >= 4 is 137 Å². The first-order valence-corrected chi connectivity index (χ1v) is 51.1. The molecule has 0 atom stereocenters. The van der Waals surface area contributed by atoms with E-state index in [4.69, 9.17) is 0 Å². The lowest BCUT2D eigenvalue weighted by Crippen LogP contribution is -2.28. The number of para-hydroxylation sites is 2. The number of benzene rings is 15. The van der Waals surface area contributed by atoms with Gasteiger partial charge in [-0.3, -0.25) is 0 Å². The summed E-state index contributed by atoms with van der Waals surface area (Å²) in [5.74, 6) is 0. The maximum atomic E-state index is 2.57. The van der Waals surface area contributed by atoms with E-state index in [1.807, 2.05) is 0 Å². The summed E-state index contributed by atoms with van der Waals surface area (Å²) in [6.45, 7) is 27.4. The van der Waals surface area contributed by atoms with Crippen LogP contribution in [-0.2, 0) is 96.9 Å². The molecule has 0 saturated carbocycles. The van der Waals surface area contributed by atoms with Crippen molar-refractivity contribution in [1.29, 1.82) is 0 Å². The Morgan fingerprint density at radius 2 is 0.486 bits per heavy atom. The van der Waals surface area contributed by atoms with E-state index in [0.29, 0.717) is 0 Å². The molecule has 35 rings (SSSR count). The molecule has 10 aromatic heterocycles. The molecule has 0 spiro atoms. The van der Waals surface area contributed by atoms with Gasteiger partial charge in [0.05, 0.1) is 26.9 Å². The van der Waals surface area contributed by atoms with Gasteiger partial charge in [0.2, 0.25) is 0 Å². The maximum absolute atomic E-state index is 2.57. The molecule has 10 aliphatic heterocycles. The largest absolute Gasteiger partial charge is 0.295 e. The van der Waals surface area contributed by atoms with Crippen molar-refractivity contribution in [2.75, 3.05) is 0 Å². The highest BCUT2D eigenvalue weighted by Crippen LogP contribution is 2.51. The summed E-state index contributed by atoms with van der Waals surface area (Å²) in [7, 11) is 0. The van der Waals surface area contributed by atoms with Gasteiger partial charge in [-0.2, -0.15) is 22.0 Å². The Labute approximate surface area is 811 Å². The van der Waals surface area contributed by atoms with Crippen LogP contribution in [0, 0.1) is 69.2 Å². The second kappa shape index (κ2) is 28.5. The molecule has 0 fully saturated rings. The Hall–Kier alpha value is -15.7. The number of hydrogen-bond acceptors (Lipinski definition) is 0. The molecule has 0 amide bonds. The van der Waals surface area contributed by atoms with Crippen molar-refractivity contribution < 1.29 is 22.8 Å². The van der Waals surface area contributed by atoms with Crippen LogP contribution < -0.4 is 22.8 Å². The molecule has 0 radical (unpaired) electrons. The number of aryl methyl sites for hydroxylation is 20. The Balaban J connectivity index is 0.0000000806. The molecule has 0 unspecified atom stereocenters. The van der Waals surface area contributed by atoms with Gasteiger partial charge < -0.3 is 0 Å². The van der Waals surface area contributed by atoms with Crippen molar-refractivity contribution in [3.8, 4) is 55.6 Å². The summed E-state index contributed by atoms with van der Waals surface area (Å²) >= 11 is 0. The molecule has 0 saturated heterocycles. The first kappa shape index (κ1) is 79.4. The van der Waals surface area contributed by atoms with Crippen molar-refractivity contribution in [3.05, 3.63) is 413 Å². The van der Waals surface area contributed by atoms with Crippen LogP contribution in [0.15, 0.2) is 274 Å². The fraction of sp³-hybridized carbons (Fsp3) is 0.192. The van der Waals surface area contributed by atoms with Gasteiger partial charge in [0.25, 0.3) is 28.2 Å². The van der Waals surface area contributed by atoms with E-state index in [1.54, 1.807) is 0 Å². The first-order chi connectivity index (χ1) is 68.6.